The third-order valence-electron chi connectivity index (χ3n) is 3.57. The Balaban J connectivity index is 2.32. The lowest BCUT2D eigenvalue weighted by molar-refractivity contribution is -0.139. The Labute approximate surface area is 121 Å². The highest BCUT2D eigenvalue weighted by Gasteiger charge is 2.38. The minimum atomic E-state index is -4.70. The zero-order chi connectivity index (χ0) is 15.7. The topological polar surface area (TPSA) is 58.2 Å². The molecule has 2 unspecified atom stereocenters. The normalized spacial score (nSPS) is 24.0. The van der Waals surface area contributed by atoms with Crippen LogP contribution >= 0.6 is 0 Å². The van der Waals surface area contributed by atoms with Crippen LogP contribution in [0.4, 0.5) is 13.2 Å². The van der Waals surface area contributed by atoms with Crippen LogP contribution in [0.25, 0.3) is 0 Å². The summed E-state index contributed by atoms with van der Waals surface area (Å²) in [6, 6.07) is 3.86. The van der Waals surface area contributed by atoms with Crippen molar-refractivity contribution >= 4 is 10.0 Å². The minimum absolute atomic E-state index is 0.0200. The number of rotatable bonds is 3. The van der Waals surface area contributed by atoms with Crippen molar-refractivity contribution in [2.45, 2.75) is 30.5 Å². The van der Waals surface area contributed by atoms with Crippen molar-refractivity contribution in [2.75, 3.05) is 13.1 Å². The summed E-state index contributed by atoms with van der Waals surface area (Å²) < 4.78 is 65.8. The molecule has 4 nitrogen and oxygen atoms in total. The molecule has 1 aromatic rings. The Morgan fingerprint density at radius 3 is 2.57 bits per heavy atom. The number of benzene rings is 1. The number of hydrogen-bond acceptors (Lipinski definition) is 3. The molecular formula is C13H17F3N2O2S. The van der Waals surface area contributed by atoms with Gasteiger partial charge in [-0.15, -0.1) is 0 Å². The molecule has 0 bridgehead atoms. The number of halogens is 3. The average molecular weight is 322 g/mol. The molecule has 118 valence electrons. The summed E-state index contributed by atoms with van der Waals surface area (Å²) in [5, 5.41) is 3.11. The highest BCUT2D eigenvalue weighted by atomic mass is 32.2. The molecule has 1 aromatic carbocycles. The Morgan fingerprint density at radius 1 is 1.29 bits per heavy atom. The van der Waals surface area contributed by atoms with Crippen molar-refractivity contribution in [3.05, 3.63) is 29.8 Å². The van der Waals surface area contributed by atoms with E-state index >= 15 is 0 Å². The second-order valence-corrected chi connectivity index (χ2v) is 6.87. The molecule has 1 saturated heterocycles. The van der Waals surface area contributed by atoms with Crippen molar-refractivity contribution in [1.82, 2.24) is 10.0 Å². The van der Waals surface area contributed by atoms with E-state index in [9.17, 15) is 21.6 Å². The molecule has 0 aromatic heterocycles. The second kappa shape index (κ2) is 5.94. The maximum atomic E-state index is 12.9. The maximum Gasteiger partial charge on any atom is 0.417 e. The van der Waals surface area contributed by atoms with E-state index in [1.165, 1.54) is 12.1 Å². The Hall–Kier alpha value is -1.12. The van der Waals surface area contributed by atoms with Crippen LogP contribution in [-0.4, -0.2) is 27.5 Å². The summed E-state index contributed by atoms with van der Waals surface area (Å²) >= 11 is 0. The van der Waals surface area contributed by atoms with Crippen LogP contribution in [0.3, 0.4) is 0 Å². The van der Waals surface area contributed by atoms with Gasteiger partial charge in [-0.1, -0.05) is 19.1 Å². The first-order chi connectivity index (χ1) is 9.72. The summed E-state index contributed by atoms with van der Waals surface area (Å²) in [7, 11) is -4.20. The summed E-state index contributed by atoms with van der Waals surface area (Å²) in [6.45, 7) is 3.13. The molecule has 1 heterocycles. The van der Waals surface area contributed by atoms with Gasteiger partial charge in [0, 0.05) is 6.04 Å². The monoisotopic (exact) mass is 322 g/mol. The van der Waals surface area contributed by atoms with E-state index in [0.717, 1.165) is 12.1 Å². The standard InChI is InChI=1S/C13H17F3N2O2S/c1-9-8-17-7-6-11(9)18-21(19,20)12-5-3-2-4-10(12)13(14,15)16/h2-5,9,11,17-18H,6-8H2,1H3. The van der Waals surface area contributed by atoms with Gasteiger partial charge in [-0.3, -0.25) is 0 Å². The molecule has 0 aliphatic carbocycles. The van der Waals surface area contributed by atoms with Gasteiger partial charge in [0.2, 0.25) is 10.0 Å². The molecule has 1 fully saturated rings. The molecule has 0 saturated carbocycles. The number of piperidine rings is 1. The van der Waals surface area contributed by atoms with Crippen LogP contribution in [0.2, 0.25) is 0 Å². The van der Waals surface area contributed by atoms with Crippen molar-refractivity contribution in [2.24, 2.45) is 5.92 Å². The molecule has 1 aliphatic rings. The number of sulfonamides is 1. The highest BCUT2D eigenvalue weighted by molar-refractivity contribution is 7.89. The number of nitrogens with one attached hydrogen (secondary N) is 2. The number of hydrogen-bond donors (Lipinski definition) is 2. The van der Waals surface area contributed by atoms with Crippen LogP contribution < -0.4 is 10.0 Å². The average Bonchev–Trinajstić information content (AvgIpc) is 2.40. The van der Waals surface area contributed by atoms with Gasteiger partial charge in [0.05, 0.1) is 10.5 Å². The van der Waals surface area contributed by atoms with Gasteiger partial charge in [0.25, 0.3) is 0 Å². The lowest BCUT2D eigenvalue weighted by atomic mass is 9.97. The fraction of sp³-hybridized carbons (Fsp3) is 0.538. The van der Waals surface area contributed by atoms with Crippen molar-refractivity contribution in [3.63, 3.8) is 0 Å². The van der Waals surface area contributed by atoms with Crippen LogP contribution in [0.5, 0.6) is 0 Å². The quantitative estimate of drug-likeness (QED) is 0.895. The molecule has 0 radical (unpaired) electrons. The first kappa shape index (κ1) is 16.3. The van der Waals surface area contributed by atoms with Gasteiger partial charge in [-0.2, -0.15) is 13.2 Å². The SMILES string of the molecule is CC1CNCCC1NS(=O)(=O)c1ccccc1C(F)(F)F. The zero-order valence-electron chi connectivity index (χ0n) is 11.4. The van der Waals surface area contributed by atoms with Crippen molar-refractivity contribution in [3.8, 4) is 0 Å². The van der Waals surface area contributed by atoms with Gasteiger partial charge in [-0.25, -0.2) is 13.1 Å². The summed E-state index contributed by atoms with van der Waals surface area (Å²) in [6.07, 6.45) is -4.15. The first-order valence-electron chi connectivity index (χ1n) is 6.61. The maximum absolute atomic E-state index is 12.9. The van der Waals surface area contributed by atoms with E-state index in [-0.39, 0.29) is 12.0 Å². The Morgan fingerprint density at radius 2 is 1.95 bits per heavy atom. The van der Waals surface area contributed by atoms with Gasteiger partial charge in [-0.05, 0) is 37.6 Å². The molecule has 0 spiro atoms. The molecule has 2 atom stereocenters. The van der Waals surface area contributed by atoms with Crippen LogP contribution in [0.15, 0.2) is 29.2 Å². The van der Waals surface area contributed by atoms with E-state index in [4.69, 9.17) is 0 Å². The van der Waals surface area contributed by atoms with E-state index in [2.05, 4.69) is 10.0 Å². The predicted molar refractivity (Wildman–Crippen MR) is 72.2 cm³/mol. The van der Waals surface area contributed by atoms with Gasteiger partial charge in [0.1, 0.15) is 0 Å². The lowest BCUT2D eigenvalue weighted by Crippen LogP contribution is -2.48. The molecule has 8 heteroatoms. The van der Waals surface area contributed by atoms with E-state index in [1.807, 2.05) is 6.92 Å². The molecule has 21 heavy (non-hydrogen) atoms. The summed E-state index contributed by atoms with van der Waals surface area (Å²) in [4.78, 5) is -0.719. The Kier molecular flexibility index (Phi) is 4.60. The molecular weight excluding hydrogens is 305 g/mol. The predicted octanol–water partition coefficient (Wildman–Crippen LogP) is 1.98. The van der Waals surface area contributed by atoms with Crippen LogP contribution in [-0.2, 0) is 16.2 Å². The van der Waals surface area contributed by atoms with E-state index < -0.39 is 26.7 Å². The van der Waals surface area contributed by atoms with Crippen LogP contribution in [0.1, 0.15) is 18.9 Å². The third-order valence-corrected chi connectivity index (χ3v) is 5.12. The van der Waals surface area contributed by atoms with E-state index in [0.29, 0.717) is 19.5 Å². The summed E-state index contributed by atoms with van der Waals surface area (Å²) in [5.41, 5.74) is -1.14. The van der Waals surface area contributed by atoms with Gasteiger partial charge >= 0.3 is 6.18 Å². The molecule has 2 N–H and O–H groups in total. The highest BCUT2D eigenvalue weighted by Crippen LogP contribution is 2.34. The number of alkyl halides is 3. The van der Waals surface area contributed by atoms with Crippen molar-refractivity contribution in [1.29, 1.82) is 0 Å². The smallest absolute Gasteiger partial charge is 0.316 e. The second-order valence-electron chi connectivity index (χ2n) is 5.19. The van der Waals surface area contributed by atoms with Crippen molar-refractivity contribution < 1.29 is 21.6 Å². The molecule has 1 aliphatic heterocycles. The fourth-order valence-electron chi connectivity index (χ4n) is 2.39. The first-order valence-corrected chi connectivity index (χ1v) is 8.09. The molecule has 0 amide bonds. The minimum Gasteiger partial charge on any atom is -0.316 e. The lowest BCUT2D eigenvalue weighted by Gasteiger charge is -2.30. The zero-order valence-corrected chi connectivity index (χ0v) is 12.3. The fourth-order valence-corrected chi connectivity index (χ4v) is 3.99. The largest absolute Gasteiger partial charge is 0.417 e. The summed E-state index contributed by atoms with van der Waals surface area (Å²) in [5.74, 6) is 0.0200. The van der Waals surface area contributed by atoms with Crippen LogP contribution in [0, 0.1) is 5.92 Å². The van der Waals surface area contributed by atoms with E-state index in [1.54, 1.807) is 0 Å². The van der Waals surface area contributed by atoms with Gasteiger partial charge < -0.3 is 5.32 Å². The third kappa shape index (κ3) is 3.75. The molecule has 2 rings (SSSR count). The van der Waals surface area contributed by atoms with Gasteiger partial charge in [0.15, 0.2) is 0 Å². The Bertz CT molecular complexity index is 602.